The molecular weight excluding hydrogens is 324 g/mol. The van der Waals surface area contributed by atoms with Crippen LogP contribution in [0.2, 0.25) is 0 Å². The van der Waals surface area contributed by atoms with E-state index in [1.807, 2.05) is 29.2 Å². The fourth-order valence-electron chi connectivity index (χ4n) is 4.30. The summed E-state index contributed by atoms with van der Waals surface area (Å²) in [5.41, 5.74) is 1.00. The molecule has 2 saturated heterocycles. The zero-order valence-corrected chi connectivity index (χ0v) is 16.5. The van der Waals surface area contributed by atoms with Crippen LogP contribution in [0.15, 0.2) is 24.3 Å². The van der Waals surface area contributed by atoms with Crippen molar-refractivity contribution in [2.24, 2.45) is 5.92 Å². The summed E-state index contributed by atoms with van der Waals surface area (Å²) in [6.07, 6.45) is 8.08. The molecule has 2 atom stereocenters. The van der Waals surface area contributed by atoms with E-state index in [0.29, 0.717) is 12.3 Å². The van der Waals surface area contributed by atoms with E-state index in [-0.39, 0.29) is 5.91 Å². The number of benzene rings is 1. The third-order valence-electron chi connectivity index (χ3n) is 5.85. The second kappa shape index (κ2) is 9.40. The van der Waals surface area contributed by atoms with Crippen LogP contribution in [-0.2, 0) is 4.79 Å². The van der Waals surface area contributed by atoms with Gasteiger partial charge in [0, 0.05) is 31.2 Å². The molecule has 2 unspecified atom stereocenters. The highest BCUT2D eigenvalue weighted by Gasteiger charge is 2.29. The molecule has 0 saturated carbocycles. The van der Waals surface area contributed by atoms with E-state index in [1.165, 1.54) is 25.8 Å². The predicted molar refractivity (Wildman–Crippen MR) is 107 cm³/mol. The molecule has 1 aromatic rings. The number of amides is 1. The molecule has 144 valence electrons. The first-order chi connectivity index (χ1) is 12.7. The van der Waals surface area contributed by atoms with Crippen molar-refractivity contribution in [1.29, 1.82) is 0 Å². The van der Waals surface area contributed by atoms with Crippen molar-refractivity contribution in [2.75, 3.05) is 31.1 Å². The van der Waals surface area contributed by atoms with Gasteiger partial charge < -0.3 is 14.5 Å². The van der Waals surface area contributed by atoms with Crippen LogP contribution in [0.25, 0.3) is 0 Å². The fraction of sp³-hybridized carbons (Fsp3) is 0.682. The predicted octanol–water partition coefficient (Wildman–Crippen LogP) is 4.48. The summed E-state index contributed by atoms with van der Waals surface area (Å²) >= 11 is 0. The molecule has 2 aliphatic heterocycles. The number of ether oxygens (including phenoxy) is 1. The van der Waals surface area contributed by atoms with E-state index < -0.39 is 0 Å². The molecule has 0 spiro atoms. The summed E-state index contributed by atoms with van der Waals surface area (Å²) in [6.45, 7) is 8.50. The molecule has 0 radical (unpaired) electrons. The lowest BCUT2D eigenvalue weighted by Gasteiger charge is -2.33. The monoisotopic (exact) mass is 358 g/mol. The van der Waals surface area contributed by atoms with E-state index >= 15 is 0 Å². The Labute approximate surface area is 158 Å². The number of carbonyl (C=O) groups excluding carboxylic acids is 1. The lowest BCUT2D eigenvalue weighted by Crippen LogP contribution is -2.38. The second-order valence-corrected chi connectivity index (χ2v) is 7.94. The van der Waals surface area contributed by atoms with E-state index in [4.69, 9.17) is 4.74 Å². The fourth-order valence-corrected chi connectivity index (χ4v) is 4.30. The van der Waals surface area contributed by atoms with Crippen molar-refractivity contribution in [2.45, 2.75) is 64.8 Å². The van der Waals surface area contributed by atoms with Gasteiger partial charge >= 0.3 is 0 Å². The molecule has 0 bridgehead atoms. The zero-order chi connectivity index (χ0) is 18.4. The average molecular weight is 359 g/mol. The van der Waals surface area contributed by atoms with Gasteiger partial charge in [-0.05, 0) is 69.3 Å². The minimum atomic E-state index is 0.257. The van der Waals surface area contributed by atoms with Gasteiger partial charge in [0.1, 0.15) is 5.75 Å². The third-order valence-corrected chi connectivity index (χ3v) is 5.85. The molecule has 3 rings (SSSR count). The normalized spacial score (nSPS) is 24.2. The van der Waals surface area contributed by atoms with Crippen LogP contribution >= 0.6 is 0 Å². The summed E-state index contributed by atoms with van der Waals surface area (Å²) in [4.78, 5) is 16.7. The molecule has 2 fully saturated rings. The Bertz CT molecular complexity index is 572. The molecule has 4 heteroatoms. The molecule has 2 aliphatic rings. The number of hydrogen-bond donors (Lipinski definition) is 0. The van der Waals surface area contributed by atoms with Gasteiger partial charge in [0.2, 0.25) is 5.91 Å². The van der Waals surface area contributed by atoms with E-state index in [9.17, 15) is 4.79 Å². The number of hydrogen-bond acceptors (Lipinski definition) is 3. The molecule has 4 nitrogen and oxygen atoms in total. The zero-order valence-electron chi connectivity index (χ0n) is 16.5. The summed E-state index contributed by atoms with van der Waals surface area (Å²) in [5, 5.41) is 0. The minimum Gasteiger partial charge on any atom is -0.494 e. The van der Waals surface area contributed by atoms with Gasteiger partial charge in [0.15, 0.2) is 0 Å². The topological polar surface area (TPSA) is 32.8 Å². The maximum atomic E-state index is 12.2. The molecule has 0 aromatic heterocycles. The van der Waals surface area contributed by atoms with Crippen LogP contribution in [0, 0.1) is 5.92 Å². The Morgan fingerprint density at radius 2 is 2.00 bits per heavy atom. The quantitative estimate of drug-likeness (QED) is 0.642. The van der Waals surface area contributed by atoms with Crippen molar-refractivity contribution in [3.8, 4) is 5.75 Å². The lowest BCUT2D eigenvalue weighted by molar-refractivity contribution is -0.117. The van der Waals surface area contributed by atoms with Gasteiger partial charge in [0.25, 0.3) is 0 Å². The molecule has 1 aromatic carbocycles. The molecule has 1 amide bonds. The number of likely N-dealkylation sites (tertiary alicyclic amines) is 1. The number of nitrogens with zero attached hydrogens (tertiary/aromatic N) is 2. The van der Waals surface area contributed by atoms with E-state index in [2.05, 4.69) is 18.7 Å². The van der Waals surface area contributed by atoms with E-state index in [1.54, 1.807) is 0 Å². The number of rotatable bonds is 8. The molecule has 26 heavy (non-hydrogen) atoms. The van der Waals surface area contributed by atoms with Crippen LogP contribution < -0.4 is 9.64 Å². The number of carbonyl (C=O) groups is 1. The smallest absolute Gasteiger partial charge is 0.227 e. The maximum absolute atomic E-state index is 12.2. The van der Waals surface area contributed by atoms with Crippen molar-refractivity contribution in [3.05, 3.63) is 24.3 Å². The van der Waals surface area contributed by atoms with Crippen LogP contribution in [0.3, 0.4) is 0 Å². The Hall–Kier alpha value is -1.55. The lowest BCUT2D eigenvalue weighted by atomic mass is 10.0. The second-order valence-electron chi connectivity index (χ2n) is 7.94. The van der Waals surface area contributed by atoms with Crippen LogP contribution in [0.5, 0.6) is 5.75 Å². The highest BCUT2D eigenvalue weighted by Crippen LogP contribution is 2.29. The Kier molecular flexibility index (Phi) is 6.95. The van der Waals surface area contributed by atoms with Gasteiger partial charge in [-0.3, -0.25) is 4.79 Å². The van der Waals surface area contributed by atoms with Crippen molar-refractivity contribution in [1.82, 2.24) is 4.90 Å². The first kappa shape index (κ1) is 19.2. The number of anilines is 1. The SMILES string of the molecule is CCCC1CC(=O)N(c2ccc(OCCCN3CCCCC3C)cc2)C1. The summed E-state index contributed by atoms with van der Waals surface area (Å²) in [7, 11) is 0. The van der Waals surface area contributed by atoms with Crippen molar-refractivity contribution >= 4 is 11.6 Å². The van der Waals surface area contributed by atoms with Gasteiger partial charge in [0.05, 0.1) is 6.61 Å². The Morgan fingerprint density at radius 1 is 1.19 bits per heavy atom. The van der Waals surface area contributed by atoms with E-state index in [0.717, 1.165) is 56.4 Å². The van der Waals surface area contributed by atoms with Crippen molar-refractivity contribution < 1.29 is 9.53 Å². The Morgan fingerprint density at radius 3 is 2.73 bits per heavy atom. The van der Waals surface area contributed by atoms with Gasteiger partial charge in [-0.25, -0.2) is 0 Å². The maximum Gasteiger partial charge on any atom is 0.227 e. The van der Waals surface area contributed by atoms with Crippen molar-refractivity contribution in [3.63, 3.8) is 0 Å². The van der Waals surface area contributed by atoms with Gasteiger partial charge in [-0.15, -0.1) is 0 Å². The molecule has 0 N–H and O–H groups in total. The number of piperidine rings is 1. The summed E-state index contributed by atoms with van der Waals surface area (Å²) < 4.78 is 5.91. The standard InChI is InChI=1S/C22H34N2O2/c1-3-7-19-16-22(25)24(17-19)20-9-11-21(12-10-20)26-15-6-14-23-13-5-4-8-18(23)2/h9-12,18-19H,3-8,13-17H2,1-2H3. The van der Waals surface area contributed by atoms with Crippen LogP contribution in [0.1, 0.15) is 58.8 Å². The van der Waals surface area contributed by atoms with Gasteiger partial charge in [-0.2, -0.15) is 0 Å². The highest BCUT2D eigenvalue weighted by atomic mass is 16.5. The third kappa shape index (κ3) is 5.00. The molecule has 0 aliphatic carbocycles. The van der Waals surface area contributed by atoms with Crippen LogP contribution in [-0.4, -0.2) is 43.1 Å². The first-order valence-corrected chi connectivity index (χ1v) is 10.4. The van der Waals surface area contributed by atoms with Gasteiger partial charge in [-0.1, -0.05) is 19.8 Å². The Balaban J connectivity index is 1.42. The summed E-state index contributed by atoms with van der Waals surface area (Å²) in [6, 6.07) is 8.76. The largest absolute Gasteiger partial charge is 0.494 e. The van der Waals surface area contributed by atoms with Crippen LogP contribution in [0.4, 0.5) is 5.69 Å². The average Bonchev–Trinajstić information content (AvgIpc) is 3.01. The molecule has 2 heterocycles. The molecular formula is C22H34N2O2. The first-order valence-electron chi connectivity index (χ1n) is 10.4. The highest BCUT2D eigenvalue weighted by molar-refractivity contribution is 5.95. The summed E-state index contributed by atoms with van der Waals surface area (Å²) in [5.74, 6) is 1.67. The minimum absolute atomic E-state index is 0.257.